The summed E-state index contributed by atoms with van der Waals surface area (Å²) in [6.45, 7) is 3.85. The summed E-state index contributed by atoms with van der Waals surface area (Å²) in [6.07, 6.45) is 0. The molecule has 1 N–H and O–H groups in total. The summed E-state index contributed by atoms with van der Waals surface area (Å²) in [5, 5.41) is 14.3. The molecule has 2 rings (SSSR count). The van der Waals surface area contributed by atoms with E-state index in [2.05, 4.69) is 5.32 Å². The van der Waals surface area contributed by atoms with Crippen LogP contribution in [0.1, 0.15) is 22.8 Å². The molecular formula is C16H15ClN2O4. The zero-order valence-electron chi connectivity index (χ0n) is 12.6. The average molecular weight is 335 g/mol. The van der Waals surface area contributed by atoms with Gasteiger partial charge >= 0.3 is 5.69 Å². The molecule has 0 heterocycles. The lowest BCUT2D eigenvalue weighted by Crippen LogP contribution is -2.13. The average Bonchev–Trinajstić information content (AvgIpc) is 2.51. The van der Waals surface area contributed by atoms with Crippen molar-refractivity contribution in [2.24, 2.45) is 0 Å². The standard InChI is InChI=1S/C16H15ClN2O4/c1-3-23-15-7-5-11(8-14(15)19(21)22)16(20)18-13-9-12(17)6-4-10(13)2/h4-9H,3H2,1-2H3,(H,18,20). The number of carbonyl (C=O) groups excluding carboxylic acids is 1. The van der Waals surface area contributed by atoms with Crippen LogP contribution in [0, 0.1) is 17.0 Å². The van der Waals surface area contributed by atoms with Gasteiger partial charge in [0.15, 0.2) is 5.75 Å². The van der Waals surface area contributed by atoms with E-state index in [1.165, 1.54) is 18.2 Å². The third kappa shape index (κ3) is 3.98. The maximum absolute atomic E-state index is 12.3. The van der Waals surface area contributed by atoms with Gasteiger partial charge in [0.2, 0.25) is 0 Å². The molecule has 6 nitrogen and oxygen atoms in total. The van der Waals surface area contributed by atoms with Crippen molar-refractivity contribution in [3.05, 3.63) is 62.7 Å². The molecule has 0 aliphatic carbocycles. The van der Waals surface area contributed by atoms with Crippen LogP contribution in [0.25, 0.3) is 0 Å². The second-order valence-corrected chi connectivity index (χ2v) is 5.22. The van der Waals surface area contributed by atoms with E-state index in [1.54, 1.807) is 25.1 Å². The van der Waals surface area contributed by atoms with Crippen molar-refractivity contribution in [2.75, 3.05) is 11.9 Å². The van der Waals surface area contributed by atoms with Crippen LogP contribution in [0.4, 0.5) is 11.4 Å². The van der Waals surface area contributed by atoms with Gasteiger partial charge in [0.1, 0.15) is 0 Å². The Balaban J connectivity index is 2.30. The fourth-order valence-corrected chi connectivity index (χ4v) is 2.17. The molecule has 0 unspecified atom stereocenters. The smallest absolute Gasteiger partial charge is 0.311 e. The number of hydrogen-bond acceptors (Lipinski definition) is 4. The monoisotopic (exact) mass is 334 g/mol. The number of nitro groups is 1. The van der Waals surface area contributed by atoms with E-state index in [1.807, 2.05) is 6.92 Å². The summed E-state index contributed by atoms with van der Waals surface area (Å²) in [5.41, 5.74) is 1.31. The number of amides is 1. The Morgan fingerprint density at radius 3 is 2.70 bits per heavy atom. The topological polar surface area (TPSA) is 81.5 Å². The van der Waals surface area contributed by atoms with Crippen molar-refractivity contribution < 1.29 is 14.5 Å². The fourth-order valence-electron chi connectivity index (χ4n) is 2.00. The minimum absolute atomic E-state index is 0.132. The first-order valence-electron chi connectivity index (χ1n) is 6.91. The molecule has 0 aliphatic heterocycles. The second-order valence-electron chi connectivity index (χ2n) is 4.79. The zero-order chi connectivity index (χ0) is 17.0. The number of rotatable bonds is 5. The van der Waals surface area contributed by atoms with Crippen molar-refractivity contribution >= 4 is 28.9 Å². The molecule has 0 atom stereocenters. The van der Waals surface area contributed by atoms with Gasteiger partial charge in [-0.3, -0.25) is 14.9 Å². The van der Waals surface area contributed by atoms with Gasteiger partial charge in [-0.1, -0.05) is 17.7 Å². The van der Waals surface area contributed by atoms with E-state index < -0.39 is 10.8 Å². The van der Waals surface area contributed by atoms with Crippen molar-refractivity contribution in [3.63, 3.8) is 0 Å². The Morgan fingerprint density at radius 2 is 2.04 bits per heavy atom. The number of halogens is 1. The lowest BCUT2D eigenvalue weighted by atomic mass is 10.1. The molecule has 0 spiro atoms. The van der Waals surface area contributed by atoms with Gasteiger partial charge in [-0.25, -0.2) is 0 Å². The molecule has 1 amide bonds. The summed E-state index contributed by atoms with van der Waals surface area (Å²) < 4.78 is 5.20. The third-order valence-corrected chi connectivity index (χ3v) is 3.40. The van der Waals surface area contributed by atoms with Gasteiger partial charge in [-0.15, -0.1) is 0 Å². The Bertz CT molecular complexity index is 762. The minimum Gasteiger partial charge on any atom is -0.487 e. The van der Waals surface area contributed by atoms with Gasteiger partial charge in [0.25, 0.3) is 5.91 Å². The lowest BCUT2D eigenvalue weighted by Gasteiger charge is -2.10. The molecule has 23 heavy (non-hydrogen) atoms. The Morgan fingerprint density at radius 1 is 1.30 bits per heavy atom. The molecule has 7 heteroatoms. The summed E-state index contributed by atoms with van der Waals surface area (Å²) >= 11 is 5.91. The first-order valence-corrected chi connectivity index (χ1v) is 7.29. The molecule has 0 bridgehead atoms. The maximum atomic E-state index is 12.3. The molecule has 2 aromatic carbocycles. The van der Waals surface area contributed by atoms with Gasteiger partial charge in [-0.2, -0.15) is 0 Å². The van der Waals surface area contributed by atoms with E-state index >= 15 is 0 Å². The van der Waals surface area contributed by atoms with Crippen LogP contribution in [0.2, 0.25) is 5.02 Å². The Kier molecular flexibility index (Phi) is 5.18. The van der Waals surface area contributed by atoms with Gasteiger partial charge in [0, 0.05) is 22.3 Å². The van der Waals surface area contributed by atoms with Gasteiger partial charge in [0.05, 0.1) is 11.5 Å². The molecule has 120 valence electrons. The van der Waals surface area contributed by atoms with E-state index in [-0.39, 0.29) is 17.0 Å². The molecular weight excluding hydrogens is 320 g/mol. The van der Waals surface area contributed by atoms with Crippen molar-refractivity contribution in [1.29, 1.82) is 0 Å². The summed E-state index contributed by atoms with van der Waals surface area (Å²) in [6, 6.07) is 9.21. The zero-order valence-corrected chi connectivity index (χ0v) is 13.4. The van der Waals surface area contributed by atoms with Crippen molar-refractivity contribution in [1.82, 2.24) is 0 Å². The Hall–Kier alpha value is -2.60. The predicted molar refractivity (Wildman–Crippen MR) is 88.4 cm³/mol. The van der Waals surface area contributed by atoms with Crippen LogP contribution >= 0.6 is 11.6 Å². The number of aryl methyl sites for hydroxylation is 1. The summed E-state index contributed by atoms with van der Waals surface area (Å²) in [5.74, 6) is -0.325. The van der Waals surface area contributed by atoms with Gasteiger partial charge in [-0.05, 0) is 43.7 Å². The quantitative estimate of drug-likeness (QED) is 0.656. The molecule has 2 aromatic rings. The van der Waals surface area contributed by atoms with Crippen LogP contribution in [0.15, 0.2) is 36.4 Å². The van der Waals surface area contributed by atoms with Crippen molar-refractivity contribution in [2.45, 2.75) is 13.8 Å². The first kappa shape index (κ1) is 16.8. The normalized spacial score (nSPS) is 10.2. The third-order valence-electron chi connectivity index (χ3n) is 3.17. The van der Waals surface area contributed by atoms with Crippen LogP contribution in [0.3, 0.4) is 0 Å². The SMILES string of the molecule is CCOc1ccc(C(=O)Nc2cc(Cl)ccc2C)cc1[N+](=O)[O-]. The number of nitro benzene ring substituents is 1. The molecule has 0 aromatic heterocycles. The predicted octanol–water partition coefficient (Wildman–Crippen LogP) is 4.21. The number of nitrogens with zero attached hydrogens (tertiary/aromatic N) is 1. The lowest BCUT2D eigenvalue weighted by molar-refractivity contribution is -0.385. The highest BCUT2D eigenvalue weighted by atomic mass is 35.5. The summed E-state index contributed by atoms with van der Waals surface area (Å²) in [4.78, 5) is 22.8. The van der Waals surface area contributed by atoms with Crippen LogP contribution in [-0.4, -0.2) is 17.4 Å². The van der Waals surface area contributed by atoms with E-state index in [0.29, 0.717) is 17.3 Å². The van der Waals surface area contributed by atoms with Crippen LogP contribution in [0.5, 0.6) is 5.75 Å². The molecule has 0 fully saturated rings. The number of nitrogens with one attached hydrogen (secondary N) is 1. The number of benzene rings is 2. The fraction of sp³-hybridized carbons (Fsp3) is 0.188. The van der Waals surface area contributed by atoms with Crippen LogP contribution < -0.4 is 10.1 Å². The first-order chi connectivity index (χ1) is 10.9. The highest BCUT2D eigenvalue weighted by Gasteiger charge is 2.19. The molecule has 0 aliphatic rings. The van der Waals surface area contributed by atoms with E-state index in [9.17, 15) is 14.9 Å². The summed E-state index contributed by atoms with van der Waals surface area (Å²) in [7, 11) is 0. The van der Waals surface area contributed by atoms with Crippen LogP contribution in [-0.2, 0) is 0 Å². The molecule has 0 saturated carbocycles. The largest absolute Gasteiger partial charge is 0.487 e. The molecule has 0 radical (unpaired) electrons. The number of anilines is 1. The number of hydrogen-bond donors (Lipinski definition) is 1. The number of ether oxygens (including phenoxy) is 1. The van der Waals surface area contributed by atoms with Crippen molar-refractivity contribution in [3.8, 4) is 5.75 Å². The van der Waals surface area contributed by atoms with E-state index in [0.717, 1.165) is 5.56 Å². The number of carbonyl (C=O) groups is 1. The van der Waals surface area contributed by atoms with E-state index in [4.69, 9.17) is 16.3 Å². The molecule has 0 saturated heterocycles. The maximum Gasteiger partial charge on any atom is 0.311 e. The minimum atomic E-state index is -0.577. The second kappa shape index (κ2) is 7.11. The highest BCUT2D eigenvalue weighted by Crippen LogP contribution is 2.28. The Labute approximate surface area is 138 Å². The highest BCUT2D eigenvalue weighted by molar-refractivity contribution is 6.31. The van der Waals surface area contributed by atoms with Gasteiger partial charge < -0.3 is 10.1 Å².